The molecule has 136 valence electrons. The lowest BCUT2D eigenvalue weighted by molar-refractivity contribution is -0.148. The van der Waals surface area contributed by atoms with Gasteiger partial charge in [0.25, 0.3) is 5.91 Å². The molecule has 1 amide bonds. The van der Waals surface area contributed by atoms with Gasteiger partial charge in [0.2, 0.25) is 0 Å². The van der Waals surface area contributed by atoms with E-state index in [1.807, 2.05) is 4.90 Å². The van der Waals surface area contributed by atoms with Crippen molar-refractivity contribution in [2.75, 3.05) is 13.2 Å². The highest BCUT2D eigenvalue weighted by atomic mass is 79.9. The number of ether oxygens (including phenoxy) is 1. The van der Waals surface area contributed by atoms with Crippen LogP contribution in [0.4, 0.5) is 0 Å². The fraction of sp³-hybridized carbons (Fsp3) is 0.579. The molecule has 2 aliphatic rings. The van der Waals surface area contributed by atoms with Crippen molar-refractivity contribution in [3.8, 4) is 0 Å². The van der Waals surface area contributed by atoms with Crippen LogP contribution in [-0.2, 0) is 14.3 Å². The second kappa shape index (κ2) is 6.63. The summed E-state index contributed by atoms with van der Waals surface area (Å²) in [5.74, 6) is -0.109. The summed E-state index contributed by atoms with van der Waals surface area (Å²) in [5, 5.41) is 0. The summed E-state index contributed by atoms with van der Waals surface area (Å²) in [6.07, 6.45) is 5.97. The first-order chi connectivity index (χ1) is 11.7. The van der Waals surface area contributed by atoms with Crippen LogP contribution in [0.25, 0.3) is 6.08 Å². The molecule has 1 aliphatic heterocycles. The molecule has 2 heterocycles. The Labute approximate surface area is 156 Å². The van der Waals surface area contributed by atoms with E-state index in [4.69, 9.17) is 9.15 Å². The van der Waals surface area contributed by atoms with Gasteiger partial charge in [0.15, 0.2) is 11.3 Å². The number of rotatable bonds is 4. The molecule has 1 saturated heterocycles. The van der Waals surface area contributed by atoms with Gasteiger partial charge in [-0.1, -0.05) is 20.8 Å². The Bertz CT molecular complexity index is 708. The third-order valence-electron chi connectivity index (χ3n) is 5.05. The molecule has 1 saturated carbocycles. The Morgan fingerprint density at radius 1 is 1.36 bits per heavy atom. The highest BCUT2D eigenvalue weighted by Gasteiger charge is 2.50. The minimum Gasteiger partial charge on any atom is -0.452 e. The fourth-order valence-corrected chi connectivity index (χ4v) is 4.90. The highest BCUT2D eigenvalue weighted by molar-refractivity contribution is 9.10. The van der Waals surface area contributed by atoms with Crippen LogP contribution in [0.3, 0.4) is 0 Å². The predicted molar refractivity (Wildman–Crippen MR) is 97.6 cm³/mol. The molecule has 1 aromatic heterocycles. The molecule has 2 bridgehead atoms. The average molecular weight is 410 g/mol. The van der Waals surface area contributed by atoms with Crippen molar-refractivity contribution in [1.29, 1.82) is 0 Å². The molecule has 2 fully saturated rings. The van der Waals surface area contributed by atoms with Crippen molar-refractivity contribution < 1.29 is 18.7 Å². The van der Waals surface area contributed by atoms with E-state index in [0.29, 0.717) is 10.4 Å². The van der Waals surface area contributed by atoms with Crippen molar-refractivity contribution in [2.24, 2.45) is 10.8 Å². The quantitative estimate of drug-likeness (QED) is 0.556. The first kappa shape index (κ1) is 18.2. The van der Waals surface area contributed by atoms with Gasteiger partial charge in [0, 0.05) is 18.7 Å². The van der Waals surface area contributed by atoms with Crippen LogP contribution in [0.5, 0.6) is 0 Å². The molecular formula is C19H24BrNO4. The van der Waals surface area contributed by atoms with Crippen LogP contribution in [0, 0.1) is 10.8 Å². The second-order valence-corrected chi connectivity index (χ2v) is 9.10. The third-order valence-corrected chi connectivity index (χ3v) is 5.48. The summed E-state index contributed by atoms with van der Waals surface area (Å²) in [7, 11) is 0. The average Bonchev–Trinajstić information content (AvgIpc) is 3.02. The zero-order chi connectivity index (χ0) is 18.2. The lowest BCUT2D eigenvalue weighted by Crippen LogP contribution is -2.39. The summed E-state index contributed by atoms with van der Waals surface area (Å²) in [6, 6.07) is 3.73. The number of esters is 1. The number of carbonyl (C=O) groups excluding carboxylic acids is 2. The molecule has 0 N–H and O–H groups in total. The molecule has 0 aromatic carbocycles. The van der Waals surface area contributed by atoms with Gasteiger partial charge >= 0.3 is 5.97 Å². The molecule has 5 nitrogen and oxygen atoms in total. The standard InChI is InChI=1S/C19H24BrNO4/c1-18(2)8-13-9-19(3,11-18)12-21(13)16(22)10-24-17(23)7-5-14-4-6-15(20)25-14/h4-7,13H,8-12H2,1-3H3/b7-5+/t13-,19-/m1/s1. The lowest BCUT2D eigenvalue weighted by atomic mass is 9.65. The van der Waals surface area contributed by atoms with Gasteiger partial charge in [-0.2, -0.15) is 0 Å². The van der Waals surface area contributed by atoms with Gasteiger partial charge < -0.3 is 14.1 Å². The number of nitrogens with zero attached hydrogens (tertiary/aromatic N) is 1. The number of furan rings is 1. The zero-order valence-corrected chi connectivity index (χ0v) is 16.5. The number of hydrogen-bond acceptors (Lipinski definition) is 4. The number of halogens is 1. The topological polar surface area (TPSA) is 59.8 Å². The van der Waals surface area contributed by atoms with Gasteiger partial charge in [0.05, 0.1) is 0 Å². The van der Waals surface area contributed by atoms with Crippen molar-refractivity contribution in [3.05, 3.63) is 28.6 Å². The Morgan fingerprint density at radius 2 is 2.12 bits per heavy atom. The van der Waals surface area contributed by atoms with E-state index in [9.17, 15) is 9.59 Å². The third kappa shape index (κ3) is 4.35. The van der Waals surface area contributed by atoms with Crippen molar-refractivity contribution in [3.63, 3.8) is 0 Å². The van der Waals surface area contributed by atoms with Gasteiger partial charge in [-0.25, -0.2) is 4.79 Å². The minimum atomic E-state index is -0.547. The van der Waals surface area contributed by atoms with Gasteiger partial charge in [0.1, 0.15) is 5.76 Å². The van der Waals surface area contributed by atoms with Crippen LogP contribution >= 0.6 is 15.9 Å². The van der Waals surface area contributed by atoms with Gasteiger partial charge in [-0.15, -0.1) is 0 Å². The lowest BCUT2D eigenvalue weighted by Gasteiger charge is -2.39. The van der Waals surface area contributed by atoms with Crippen LogP contribution in [0.15, 0.2) is 27.3 Å². The predicted octanol–water partition coefficient (Wildman–Crippen LogP) is 4.03. The molecule has 1 aromatic rings. The van der Waals surface area contributed by atoms with Crippen LogP contribution < -0.4 is 0 Å². The second-order valence-electron chi connectivity index (χ2n) is 8.32. The van der Waals surface area contributed by atoms with E-state index < -0.39 is 5.97 Å². The number of amides is 1. The molecule has 25 heavy (non-hydrogen) atoms. The number of likely N-dealkylation sites (tertiary alicyclic amines) is 1. The van der Waals surface area contributed by atoms with Gasteiger partial charge in [-0.3, -0.25) is 4.79 Å². The Balaban J connectivity index is 1.53. The summed E-state index contributed by atoms with van der Waals surface area (Å²) in [6.45, 7) is 7.34. The van der Waals surface area contributed by atoms with Crippen molar-refractivity contribution >= 4 is 33.9 Å². The Kier molecular flexibility index (Phi) is 4.84. The first-order valence-electron chi connectivity index (χ1n) is 8.56. The monoisotopic (exact) mass is 409 g/mol. The molecule has 0 unspecified atom stereocenters. The van der Waals surface area contributed by atoms with E-state index in [0.717, 1.165) is 25.8 Å². The Morgan fingerprint density at radius 3 is 2.80 bits per heavy atom. The Hall–Kier alpha value is -1.56. The van der Waals surface area contributed by atoms with E-state index in [1.54, 1.807) is 12.1 Å². The first-order valence-corrected chi connectivity index (χ1v) is 9.35. The van der Waals surface area contributed by atoms with E-state index >= 15 is 0 Å². The molecule has 0 spiro atoms. The smallest absolute Gasteiger partial charge is 0.331 e. The maximum Gasteiger partial charge on any atom is 0.331 e. The van der Waals surface area contributed by atoms with Crippen LogP contribution in [-0.4, -0.2) is 36.0 Å². The SMILES string of the molecule is CC1(C)C[C@@H]2C[C@@](C)(CN2C(=O)COC(=O)/C=C/c2ccc(Br)o2)C1. The van der Waals surface area contributed by atoms with Crippen LogP contribution in [0.1, 0.15) is 45.8 Å². The molecule has 2 atom stereocenters. The van der Waals surface area contributed by atoms with E-state index in [-0.39, 0.29) is 29.4 Å². The van der Waals surface area contributed by atoms with Crippen molar-refractivity contribution in [2.45, 2.75) is 46.1 Å². The van der Waals surface area contributed by atoms with Crippen molar-refractivity contribution in [1.82, 2.24) is 4.90 Å². The zero-order valence-electron chi connectivity index (χ0n) is 14.9. The largest absolute Gasteiger partial charge is 0.452 e. The molecule has 3 rings (SSSR count). The maximum atomic E-state index is 12.5. The molecule has 6 heteroatoms. The molecule has 0 radical (unpaired) electrons. The van der Waals surface area contributed by atoms with Gasteiger partial charge in [-0.05, 0) is 64.2 Å². The summed E-state index contributed by atoms with van der Waals surface area (Å²) in [4.78, 5) is 26.2. The molecular weight excluding hydrogens is 386 g/mol. The fourth-order valence-electron chi connectivity index (χ4n) is 4.58. The summed E-state index contributed by atoms with van der Waals surface area (Å²) in [5.41, 5.74) is 0.433. The number of carbonyl (C=O) groups is 2. The highest BCUT2D eigenvalue weighted by Crippen LogP contribution is 2.52. The minimum absolute atomic E-state index is 0.103. The number of hydrogen-bond donors (Lipinski definition) is 0. The van der Waals surface area contributed by atoms with E-state index in [2.05, 4.69) is 36.7 Å². The number of fused-ring (bicyclic) bond motifs is 2. The summed E-state index contributed by atoms with van der Waals surface area (Å²) < 4.78 is 11.0. The normalized spacial score (nSPS) is 27.7. The molecule has 1 aliphatic carbocycles. The summed E-state index contributed by atoms with van der Waals surface area (Å²) >= 11 is 3.19. The maximum absolute atomic E-state index is 12.5. The van der Waals surface area contributed by atoms with Crippen LogP contribution in [0.2, 0.25) is 0 Å². The van der Waals surface area contributed by atoms with E-state index in [1.165, 1.54) is 12.2 Å².